The van der Waals surface area contributed by atoms with Crippen molar-refractivity contribution in [2.45, 2.75) is 38.5 Å². The maximum absolute atomic E-state index is 11.7. The summed E-state index contributed by atoms with van der Waals surface area (Å²) in [6, 6.07) is 5.35. The van der Waals surface area contributed by atoms with Gasteiger partial charge in [-0.25, -0.2) is 0 Å². The van der Waals surface area contributed by atoms with Crippen molar-refractivity contribution >= 4 is 11.8 Å². The second-order valence-corrected chi connectivity index (χ2v) is 4.13. The minimum absolute atomic E-state index is 0.0866. The molecule has 1 aromatic rings. The van der Waals surface area contributed by atoms with Crippen LogP contribution < -0.4 is 0 Å². The fourth-order valence-electron chi connectivity index (χ4n) is 1.67. The zero-order valence-corrected chi connectivity index (χ0v) is 10.7. The minimum Gasteiger partial charge on any atom is -0.469 e. The van der Waals surface area contributed by atoms with Gasteiger partial charge in [0.1, 0.15) is 5.69 Å². The van der Waals surface area contributed by atoms with Crippen molar-refractivity contribution in [3.05, 3.63) is 30.1 Å². The number of ether oxygens (including phenoxy) is 1. The van der Waals surface area contributed by atoms with Crippen LogP contribution in [0.4, 0.5) is 0 Å². The Hall–Kier alpha value is -1.71. The lowest BCUT2D eigenvalue weighted by Crippen LogP contribution is -2.01. The van der Waals surface area contributed by atoms with Crippen LogP contribution in [0.25, 0.3) is 0 Å². The molecule has 0 amide bonds. The van der Waals surface area contributed by atoms with E-state index in [-0.39, 0.29) is 11.8 Å². The van der Waals surface area contributed by atoms with E-state index in [2.05, 4.69) is 9.72 Å². The monoisotopic (exact) mass is 249 g/mol. The molecule has 0 spiro atoms. The Labute approximate surface area is 107 Å². The SMILES string of the molecule is COC(=O)CCCCCCC(=O)c1ccccn1. The highest BCUT2D eigenvalue weighted by Crippen LogP contribution is 2.09. The zero-order chi connectivity index (χ0) is 13.2. The molecule has 0 fully saturated rings. The maximum Gasteiger partial charge on any atom is 0.305 e. The van der Waals surface area contributed by atoms with Crippen molar-refractivity contribution in [1.82, 2.24) is 4.98 Å². The molecule has 18 heavy (non-hydrogen) atoms. The van der Waals surface area contributed by atoms with Crippen LogP contribution in [0, 0.1) is 0 Å². The van der Waals surface area contributed by atoms with Gasteiger partial charge in [0.25, 0.3) is 0 Å². The van der Waals surface area contributed by atoms with E-state index < -0.39 is 0 Å². The minimum atomic E-state index is -0.167. The number of hydrogen-bond acceptors (Lipinski definition) is 4. The number of rotatable bonds is 8. The first kappa shape index (κ1) is 14.4. The number of carbonyl (C=O) groups excluding carboxylic acids is 2. The van der Waals surface area contributed by atoms with Gasteiger partial charge in [-0.15, -0.1) is 0 Å². The summed E-state index contributed by atoms with van der Waals surface area (Å²) in [6.07, 6.45) is 6.19. The molecule has 0 saturated heterocycles. The molecule has 4 heteroatoms. The average molecular weight is 249 g/mol. The van der Waals surface area contributed by atoms with Crippen LogP contribution in [0.2, 0.25) is 0 Å². The van der Waals surface area contributed by atoms with Crippen LogP contribution in [0.3, 0.4) is 0 Å². The molecule has 0 aliphatic heterocycles. The molecule has 98 valence electrons. The second kappa shape index (κ2) is 8.39. The van der Waals surface area contributed by atoms with Gasteiger partial charge < -0.3 is 4.74 Å². The number of unbranched alkanes of at least 4 members (excludes halogenated alkanes) is 3. The summed E-state index contributed by atoms with van der Waals surface area (Å²) in [7, 11) is 1.40. The molecule has 0 aromatic carbocycles. The van der Waals surface area contributed by atoms with E-state index in [9.17, 15) is 9.59 Å². The number of Topliss-reactive ketones (excluding diaryl/α,β-unsaturated/α-hetero) is 1. The Morgan fingerprint density at radius 2 is 1.83 bits per heavy atom. The summed E-state index contributed by atoms with van der Waals surface area (Å²) >= 11 is 0. The fourth-order valence-corrected chi connectivity index (χ4v) is 1.67. The van der Waals surface area contributed by atoms with E-state index in [1.54, 1.807) is 18.3 Å². The zero-order valence-electron chi connectivity index (χ0n) is 10.7. The summed E-state index contributed by atoms with van der Waals surface area (Å²) in [5, 5.41) is 0. The third kappa shape index (κ3) is 5.57. The van der Waals surface area contributed by atoms with Crippen LogP contribution in [0.5, 0.6) is 0 Å². The van der Waals surface area contributed by atoms with Crippen molar-refractivity contribution in [2.75, 3.05) is 7.11 Å². The van der Waals surface area contributed by atoms with E-state index in [0.29, 0.717) is 18.5 Å². The molecule has 0 bridgehead atoms. The molecule has 0 atom stereocenters. The topological polar surface area (TPSA) is 56.3 Å². The van der Waals surface area contributed by atoms with E-state index >= 15 is 0 Å². The lowest BCUT2D eigenvalue weighted by Gasteiger charge is -2.01. The summed E-state index contributed by atoms with van der Waals surface area (Å²) in [4.78, 5) is 26.6. The molecule has 0 saturated carbocycles. The second-order valence-electron chi connectivity index (χ2n) is 4.13. The lowest BCUT2D eigenvalue weighted by molar-refractivity contribution is -0.140. The van der Waals surface area contributed by atoms with Crippen LogP contribution in [-0.2, 0) is 9.53 Å². The van der Waals surface area contributed by atoms with Gasteiger partial charge in [-0.2, -0.15) is 0 Å². The van der Waals surface area contributed by atoms with Crippen LogP contribution in [0.1, 0.15) is 49.0 Å². The number of methoxy groups -OCH3 is 1. The van der Waals surface area contributed by atoms with Crippen LogP contribution >= 0.6 is 0 Å². The van der Waals surface area contributed by atoms with Gasteiger partial charge in [-0.05, 0) is 25.0 Å². The molecular weight excluding hydrogens is 230 g/mol. The number of hydrogen-bond donors (Lipinski definition) is 0. The highest BCUT2D eigenvalue weighted by molar-refractivity contribution is 5.94. The summed E-state index contributed by atoms with van der Waals surface area (Å²) < 4.78 is 4.55. The van der Waals surface area contributed by atoms with Gasteiger partial charge in [-0.1, -0.05) is 18.9 Å². The molecule has 4 nitrogen and oxygen atoms in total. The van der Waals surface area contributed by atoms with E-state index in [4.69, 9.17) is 0 Å². The number of carbonyl (C=O) groups is 2. The first-order chi connectivity index (χ1) is 8.74. The Kier molecular flexibility index (Phi) is 6.69. The molecule has 0 unspecified atom stereocenters. The largest absolute Gasteiger partial charge is 0.469 e. The standard InChI is InChI=1S/C14H19NO3/c1-18-14(17)10-5-3-2-4-9-13(16)12-8-6-7-11-15-12/h6-8,11H,2-5,9-10H2,1H3. The number of esters is 1. The van der Waals surface area contributed by atoms with Crippen molar-refractivity contribution in [2.24, 2.45) is 0 Å². The third-order valence-electron chi connectivity index (χ3n) is 2.71. The van der Waals surface area contributed by atoms with Crippen molar-refractivity contribution < 1.29 is 14.3 Å². The maximum atomic E-state index is 11.7. The molecule has 0 aliphatic rings. The van der Waals surface area contributed by atoms with Crippen molar-refractivity contribution in [3.63, 3.8) is 0 Å². The van der Waals surface area contributed by atoms with E-state index in [1.165, 1.54) is 7.11 Å². The normalized spacial score (nSPS) is 10.1. The highest BCUT2D eigenvalue weighted by Gasteiger charge is 2.06. The predicted molar refractivity (Wildman–Crippen MR) is 68.3 cm³/mol. The fraction of sp³-hybridized carbons (Fsp3) is 0.500. The Morgan fingerprint density at radius 1 is 1.11 bits per heavy atom. The number of pyridine rings is 1. The van der Waals surface area contributed by atoms with Gasteiger partial charge in [0.2, 0.25) is 0 Å². The Bertz CT molecular complexity index is 376. The third-order valence-corrected chi connectivity index (χ3v) is 2.71. The summed E-state index contributed by atoms with van der Waals surface area (Å²) in [5.74, 6) is -0.0804. The predicted octanol–water partition coefficient (Wildman–Crippen LogP) is 2.78. The van der Waals surface area contributed by atoms with Crippen molar-refractivity contribution in [3.8, 4) is 0 Å². The molecule has 0 N–H and O–H groups in total. The molecular formula is C14H19NO3. The van der Waals surface area contributed by atoms with E-state index in [1.807, 2.05) is 6.07 Å². The molecule has 0 aliphatic carbocycles. The first-order valence-corrected chi connectivity index (χ1v) is 6.25. The summed E-state index contributed by atoms with van der Waals surface area (Å²) in [6.45, 7) is 0. The van der Waals surface area contributed by atoms with Gasteiger partial charge >= 0.3 is 5.97 Å². The molecule has 1 aromatic heterocycles. The first-order valence-electron chi connectivity index (χ1n) is 6.25. The van der Waals surface area contributed by atoms with Crippen molar-refractivity contribution in [1.29, 1.82) is 0 Å². The molecule has 1 rings (SSSR count). The van der Waals surface area contributed by atoms with Gasteiger partial charge in [-0.3, -0.25) is 14.6 Å². The van der Waals surface area contributed by atoms with Crippen LogP contribution in [0.15, 0.2) is 24.4 Å². The van der Waals surface area contributed by atoms with E-state index in [0.717, 1.165) is 25.7 Å². The molecule has 0 radical (unpaired) electrons. The highest BCUT2D eigenvalue weighted by atomic mass is 16.5. The Balaban J connectivity index is 2.08. The number of ketones is 1. The summed E-state index contributed by atoms with van der Waals surface area (Å²) in [5.41, 5.74) is 0.534. The average Bonchev–Trinajstić information content (AvgIpc) is 2.43. The van der Waals surface area contributed by atoms with Gasteiger partial charge in [0.15, 0.2) is 5.78 Å². The smallest absolute Gasteiger partial charge is 0.305 e. The molecule has 1 heterocycles. The quantitative estimate of drug-likeness (QED) is 0.404. The number of aromatic nitrogens is 1. The van der Waals surface area contributed by atoms with Crippen LogP contribution in [-0.4, -0.2) is 23.8 Å². The van der Waals surface area contributed by atoms with Gasteiger partial charge in [0.05, 0.1) is 7.11 Å². The lowest BCUT2D eigenvalue weighted by atomic mass is 10.1. The number of nitrogens with zero attached hydrogens (tertiary/aromatic N) is 1. The Morgan fingerprint density at radius 3 is 2.44 bits per heavy atom. The van der Waals surface area contributed by atoms with Gasteiger partial charge in [0, 0.05) is 19.0 Å².